The highest BCUT2D eigenvalue weighted by molar-refractivity contribution is 8.77. The first-order valence-corrected chi connectivity index (χ1v) is 28.4. The zero-order valence-electron chi connectivity index (χ0n) is 38.9. The molecule has 0 saturated carbocycles. The fraction of sp³-hybridized carbons (Fsp3) is 0.381. The van der Waals surface area contributed by atoms with Crippen molar-refractivity contribution in [3.8, 4) is 22.5 Å². The topological polar surface area (TPSA) is 352 Å². The first-order chi connectivity index (χ1) is 33.4. The number of nitrogen functional groups attached to an aromatic ring is 1. The van der Waals surface area contributed by atoms with Gasteiger partial charge in [-0.3, -0.25) is 18.9 Å². The van der Waals surface area contributed by atoms with Gasteiger partial charge in [0.15, 0.2) is 11.5 Å². The summed E-state index contributed by atoms with van der Waals surface area (Å²) < 4.78 is 67.7. The Balaban J connectivity index is 1.04. The Bertz CT molecular complexity index is 3190. The van der Waals surface area contributed by atoms with Gasteiger partial charge in [-0.25, -0.2) is 33.4 Å². The number of hydrogen-bond donors (Lipinski definition) is 8. The number of imidazole rings is 1. The zero-order chi connectivity index (χ0) is 51.6. The maximum atomic E-state index is 13.7. The number of carbonyl (C=O) groups is 2. The third-order valence-corrected chi connectivity index (χ3v) is 17.6. The van der Waals surface area contributed by atoms with Crippen molar-refractivity contribution in [3.63, 3.8) is 0 Å². The van der Waals surface area contributed by atoms with Crippen molar-refractivity contribution < 1.29 is 75.0 Å². The van der Waals surface area contributed by atoms with Gasteiger partial charge in [-0.05, 0) is 82.5 Å². The predicted octanol–water partition coefficient (Wildman–Crippen LogP) is 7.16. The molecule has 0 spiro atoms. The molecule has 1 aliphatic carbocycles. The third kappa shape index (κ3) is 13.1. The lowest BCUT2D eigenvalue weighted by Crippen LogP contribution is -2.36. The van der Waals surface area contributed by atoms with E-state index in [-0.39, 0.29) is 41.4 Å². The number of fused-ring (bicyclic) bond motifs is 3. The third-order valence-electron chi connectivity index (χ3n) is 10.8. The molecule has 29 heteroatoms. The number of aromatic nitrogens is 4. The van der Waals surface area contributed by atoms with Gasteiger partial charge in [-0.1, -0.05) is 27.7 Å². The van der Waals surface area contributed by atoms with Crippen LogP contribution in [0.25, 0.3) is 44.6 Å². The fourth-order valence-electron chi connectivity index (χ4n) is 7.75. The highest BCUT2D eigenvalue weighted by atomic mass is 33.1. The van der Waals surface area contributed by atoms with Crippen molar-refractivity contribution in [2.75, 3.05) is 43.2 Å². The molecule has 1 saturated heterocycles. The molecule has 9 N–H and O–H groups in total. The minimum absolute atomic E-state index is 0.00192. The monoisotopic (exact) mass is 1080 g/mol. The van der Waals surface area contributed by atoms with E-state index >= 15 is 0 Å². The molecule has 4 aromatic rings. The lowest BCUT2D eigenvalue weighted by Gasteiger charge is -2.25. The van der Waals surface area contributed by atoms with Gasteiger partial charge < -0.3 is 54.9 Å². The molecule has 382 valence electrons. The number of amides is 1. The first kappa shape index (κ1) is 54.0. The molecule has 7 rings (SSSR count). The average molecular weight is 1080 g/mol. The van der Waals surface area contributed by atoms with Crippen molar-refractivity contribution in [1.82, 2.24) is 24.8 Å². The van der Waals surface area contributed by atoms with Gasteiger partial charge >= 0.3 is 29.4 Å². The highest BCUT2D eigenvalue weighted by Crippen LogP contribution is 2.66. The number of nitrogens with zero attached hydrogens (tertiary/aromatic N) is 5. The number of nitrogens with one attached hydrogen (secondary N) is 2. The number of carbonyl (C=O) groups excluding carboxylic acids is 1. The largest absolute Gasteiger partial charge is 0.490 e. The average Bonchev–Trinajstić information content (AvgIpc) is 3.90. The van der Waals surface area contributed by atoms with E-state index in [1.54, 1.807) is 12.1 Å². The van der Waals surface area contributed by atoms with Crippen LogP contribution >= 0.6 is 45.1 Å². The van der Waals surface area contributed by atoms with Gasteiger partial charge in [-0.2, -0.15) is 8.62 Å². The Morgan fingerprint density at radius 1 is 0.986 bits per heavy atom. The quantitative estimate of drug-likeness (QED) is 0.0116. The molecule has 2 aromatic carbocycles. The first-order valence-electron chi connectivity index (χ1n) is 21.6. The van der Waals surface area contributed by atoms with Crippen LogP contribution in [-0.2, 0) is 36.3 Å². The molecule has 1 amide bonds. The van der Waals surface area contributed by atoms with Crippen molar-refractivity contribution in [1.29, 1.82) is 0 Å². The molecule has 2 aliphatic heterocycles. The summed E-state index contributed by atoms with van der Waals surface area (Å²) in [6, 6.07) is 12.2. The van der Waals surface area contributed by atoms with Crippen LogP contribution in [0.3, 0.4) is 0 Å². The smallest absolute Gasteiger partial charge is 0.478 e. The minimum Gasteiger partial charge on any atom is -0.478 e. The number of carboxylic acids is 1. The van der Waals surface area contributed by atoms with Crippen LogP contribution in [0, 0.1) is 13.8 Å². The SMILES string of the molecule is CC/N=c1/cc2oc3cc(NCC)c(C)cc3c(-c3ccc(C(=O)NCC(C)(C)SSCO[C@@H]4C[C@H](n5cnc6c(N)ncnc65)OC4COP(=O)(O)OP(=O)(O)OP(=O)(O)O)cc3C(=O)O)c-2cc1C. The van der Waals surface area contributed by atoms with Gasteiger partial charge in [0.05, 0.1) is 30.0 Å². The summed E-state index contributed by atoms with van der Waals surface area (Å²) in [7, 11) is -14.3. The summed E-state index contributed by atoms with van der Waals surface area (Å²) in [5, 5.41) is 18.4. The summed E-state index contributed by atoms with van der Waals surface area (Å²) in [5.41, 5.74) is 11.5. The Kier molecular flexibility index (Phi) is 16.6. The fourth-order valence-corrected chi connectivity index (χ4v) is 13.0. The number of nitrogens with two attached hydrogens (primary N) is 1. The van der Waals surface area contributed by atoms with E-state index in [1.807, 2.05) is 65.8 Å². The maximum Gasteiger partial charge on any atom is 0.490 e. The van der Waals surface area contributed by atoms with Crippen molar-refractivity contribution >= 4 is 90.6 Å². The molecule has 2 aromatic heterocycles. The lowest BCUT2D eigenvalue weighted by atomic mass is 9.88. The minimum atomic E-state index is -5.78. The summed E-state index contributed by atoms with van der Waals surface area (Å²) in [6.07, 6.45) is -0.151. The van der Waals surface area contributed by atoms with Gasteiger partial charge in [-0.15, -0.1) is 0 Å². The van der Waals surface area contributed by atoms with E-state index in [0.29, 0.717) is 52.2 Å². The number of phosphoric acid groups is 3. The number of aromatic carboxylic acids is 1. The second-order valence-corrected chi connectivity index (χ2v) is 24.0. The Morgan fingerprint density at radius 2 is 1.75 bits per heavy atom. The van der Waals surface area contributed by atoms with Crippen LogP contribution in [-0.4, -0.2) is 105 Å². The predicted molar refractivity (Wildman–Crippen MR) is 264 cm³/mol. The molecule has 4 heterocycles. The number of ether oxygens (including phenoxy) is 2. The standard InChI is InChI=1S/C42H51N8O16P3S2/c1-7-44-29-14-31-27(11-22(29)3)36(28-12-23(4)30(45-8-2)15-32(28)63-31)25-10-9-24(13-26(25)41(52)53)40(51)46-18-42(5,6)71-70-21-61-33-16-35(50-20-49-37-38(43)47-19-48-39(37)50)64-34(33)17-62-68(57,58)66-69(59,60)65-67(54,55)56/h9-15,19-20,33-35,44H,7-8,16-18,21H2,1-6H3,(H,46,51)(H,52,53)(H,57,58)(H,59,60)(H2,43,47,48)(H2,54,55,56)/b45-30-/t33-,34?,35-/m1/s1. The second kappa shape index (κ2) is 21.8. The van der Waals surface area contributed by atoms with E-state index in [9.17, 15) is 38.2 Å². The molecule has 0 bridgehead atoms. The van der Waals surface area contributed by atoms with E-state index < -0.39 is 65.1 Å². The number of rotatable bonds is 21. The Morgan fingerprint density at radius 3 is 2.45 bits per heavy atom. The Hall–Kier alpha value is -4.75. The number of aryl methyl sites for hydroxylation is 2. The second-order valence-electron chi connectivity index (χ2n) is 16.6. The van der Waals surface area contributed by atoms with Gasteiger partial charge in [0.2, 0.25) is 0 Å². The van der Waals surface area contributed by atoms with Crippen LogP contribution in [0.1, 0.15) is 72.2 Å². The van der Waals surface area contributed by atoms with Crippen LogP contribution in [0.5, 0.6) is 0 Å². The van der Waals surface area contributed by atoms with E-state index in [0.717, 1.165) is 22.2 Å². The Labute approximate surface area is 413 Å². The zero-order valence-corrected chi connectivity index (χ0v) is 43.2. The molecule has 24 nitrogen and oxygen atoms in total. The van der Waals surface area contributed by atoms with Crippen molar-refractivity contribution in [2.24, 2.45) is 4.99 Å². The summed E-state index contributed by atoms with van der Waals surface area (Å²) in [5.74, 6) is -1.12. The van der Waals surface area contributed by atoms with E-state index in [1.165, 1.54) is 44.9 Å². The summed E-state index contributed by atoms with van der Waals surface area (Å²) in [4.78, 5) is 81.2. The normalized spacial score (nSPS) is 18.5. The number of carboxylic acid groups (broad SMARTS) is 1. The van der Waals surface area contributed by atoms with Gasteiger partial charge in [0.25, 0.3) is 5.91 Å². The molecular formula is C42H51N8O16P3S2. The van der Waals surface area contributed by atoms with E-state index in [4.69, 9.17) is 33.9 Å². The van der Waals surface area contributed by atoms with E-state index in [2.05, 4.69) is 39.2 Å². The molecule has 3 aliphatic rings. The van der Waals surface area contributed by atoms with Gasteiger partial charge in [0, 0.05) is 70.7 Å². The molecule has 1 fully saturated rings. The number of benzene rings is 3. The molecule has 5 atom stereocenters. The number of hydrogen-bond acceptors (Lipinski definition) is 19. The highest BCUT2D eigenvalue weighted by Gasteiger charge is 2.44. The van der Waals surface area contributed by atoms with Crippen LogP contribution in [0.15, 0.2) is 64.5 Å². The van der Waals surface area contributed by atoms with Gasteiger partial charge in [0.1, 0.15) is 41.5 Å². The molecule has 3 unspecified atom stereocenters. The van der Waals surface area contributed by atoms with Crippen molar-refractivity contribution in [2.45, 2.75) is 71.1 Å². The molecule has 0 radical (unpaired) electrons. The lowest BCUT2D eigenvalue weighted by molar-refractivity contribution is -0.0522. The number of anilines is 2. The molecular weight excluding hydrogens is 1030 g/mol. The van der Waals surface area contributed by atoms with Crippen LogP contribution < -0.4 is 21.7 Å². The van der Waals surface area contributed by atoms with Crippen LogP contribution in [0.2, 0.25) is 0 Å². The number of phosphoric ester groups is 1. The van der Waals surface area contributed by atoms with Crippen LogP contribution in [0.4, 0.5) is 11.5 Å². The summed E-state index contributed by atoms with van der Waals surface area (Å²) in [6.45, 7) is 12.2. The maximum absolute atomic E-state index is 13.7. The molecule has 71 heavy (non-hydrogen) atoms. The summed E-state index contributed by atoms with van der Waals surface area (Å²) >= 11 is 0. The van der Waals surface area contributed by atoms with Crippen molar-refractivity contribution in [3.05, 3.63) is 82.7 Å².